The van der Waals surface area contributed by atoms with Gasteiger partial charge in [0.2, 0.25) is 0 Å². The summed E-state index contributed by atoms with van der Waals surface area (Å²) in [4.78, 5) is 13.3. The molecule has 2 nitrogen and oxygen atoms in total. The quantitative estimate of drug-likeness (QED) is 0.821. The van der Waals surface area contributed by atoms with Gasteiger partial charge in [-0.05, 0) is 49.1 Å². The van der Waals surface area contributed by atoms with Crippen molar-refractivity contribution in [1.82, 2.24) is 0 Å². The molecule has 98 valence electrons. The summed E-state index contributed by atoms with van der Waals surface area (Å²) in [5.41, 5.74) is 2.60. The number of carbonyl (C=O) groups excluding carboxylic acids is 1. The summed E-state index contributed by atoms with van der Waals surface area (Å²) in [6.45, 7) is 2.00. The van der Waals surface area contributed by atoms with Gasteiger partial charge < -0.3 is 5.32 Å². The lowest BCUT2D eigenvalue weighted by Crippen LogP contribution is -2.13. The number of nitrogens with one attached hydrogen (secondary N) is 1. The number of thioether (sulfide) groups is 1. The van der Waals surface area contributed by atoms with Crippen LogP contribution in [0.2, 0.25) is 0 Å². The van der Waals surface area contributed by atoms with Gasteiger partial charge in [0.15, 0.2) is 0 Å². The normalized spacial score (nSPS) is 10.3. The van der Waals surface area contributed by atoms with Crippen LogP contribution in [-0.2, 0) is 0 Å². The Balaban J connectivity index is 2.25. The van der Waals surface area contributed by atoms with Crippen molar-refractivity contribution >= 4 is 39.3 Å². The first-order chi connectivity index (χ1) is 9.10. The Bertz CT molecular complexity index is 593. The van der Waals surface area contributed by atoms with E-state index >= 15 is 0 Å². The fraction of sp³-hybridized carbons (Fsp3) is 0.133. The second kappa shape index (κ2) is 6.26. The molecule has 2 aromatic carbocycles. The first-order valence-corrected chi connectivity index (χ1v) is 7.83. The van der Waals surface area contributed by atoms with Gasteiger partial charge in [-0.1, -0.05) is 28.1 Å². The highest BCUT2D eigenvalue weighted by molar-refractivity contribution is 9.10. The zero-order valence-corrected chi connectivity index (χ0v) is 13.1. The third-order valence-corrected chi connectivity index (χ3v) is 3.91. The number of hydrogen-bond acceptors (Lipinski definition) is 2. The number of hydrogen-bond donors (Lipinski definition) is 1. The molecule has 1 amide bonds. The third kappa shape index (κ3) is 3.61. The monoisotopic (exact) mass is 335 g/mol. The summed E-state index contributed by atoms with van der Waals surface area (Å²) in [6.07, 6.45) is 1.97. The highest BCUT2D eigenvalue weighted by atomic mass is 79.9. The molecule has 4 heteroatoms. The summed E-state index contributed by atoms with van der Waals surface area (Å²) in [5.74, 6) is -0.0811. The van der Waals surface area contributed by atoms with Crippen molar-refractivity contribution in [2.45, 2.75) is 11.8 Å². The minimum atomic E-state index is -0.0811. The Labute approximate surface area is 125 Å². The molecule has 2 rings (SSSR count). The van der Waals surface area contributed by atoms with E-state index in [1.807, 2.05) is 55.6 Å². The van der Waals surface area contributed by atoms with E-state index in [1.165, 1.54) is 0 Å². The number of anilines is 1. The minimum Gasteiger partial charge on any atom is -0.322 e. The van der Waals surface area contributed by atoms with E-state index in [1.54, 1.807) is 11.8 Å². The minimum absolute atomic E-state index is 0.0811. The maximum Gasteiger partial charge on any atom is 0.256 e. The molecule has 0 bridgehead atoms. The van der Waals surface area contributed by atoms with E-state index in [9.17, 15) is 4.79 Å². The number of amides is 1. The molecule has 0 saturated heterocycles. The van der Waals surface area contributed by atoms with Gasteiger partial charge in [0.25, 0.3) is 5.91 Å². The maximum atomic E-state index is 12.3. The van der Waals surface area contributed by atoms with Crippen LogP contribution < -0.4 is 5.32 Å². The van der Waals surface area contributed by atoms with E-state index < -0.39 is 0 Å². The van der Waals surface area contributed by atoms with Crippen LogP contribution in [0.3, 0.4) is 0 Å². The SMILES string of the molecule is CSc1ccccc1C(=O)Nc1cc(C)cc(Br)c1. The second-order valence-corrected chi connectivity index (χ2v) is 5.94. The first kappa shape index (κ1) is 14.2. The summed E-state index contributed by atoms with van der Waals surface area (Å²) in [6, 6.07) is 13.5. The maximum absolute atomic E-state index is 12.3. The molecular weight excluding hydrogens is 322 g/mol. The molecular formula is C15H14BrNOS. The molecule has 0 spiro atoms. The first-order valence-electron chi connectivity index (χ1n) is 5.81. The summed E-state index contributed by atoms with van der Waals surface area (Å²) < 4.78 is 0.959. The van der Waals surface area contributed by atoms with Crippen LogP contribution in [0.5, 0.6) is 0 Å². The van der Waals surface area contributed by atoms with Crippen LogP contribution in [-0.4, -0.2) is 12.2 Å². The summed E-state index contributed by atoms with van der Waals surface area (Å²) in [7, 11) is 0. The lowest BCUT2D eigenvalue weighted by molar-refractivity contribution is 0.102. The van der Waals surface area contributed by atoms with Crippen LogP contribution >= 0.6 is 27.7 Å². The van der Waals surface area contributed by atoms with Crippen molar-refractivity contribution in [2.75, 3.05) is 11.6 Å². The number of carbonyl (C=O) groups is 1. The molecule has 2 aromatic rings. The van der Waals surface area contributed by atoms with E-state index in [0.717, 1.165) is 20.6 Å². The number of benzene rings is 2. The van der Waals surface area contributed by atoms with Gasteiger partial charge >= 0.3 is 0 Å². The smallest absolute Gasteiger partial charge is 0.256 e. The molecule has 0 radical (unpaired) electrons. The molecule has 0 saturated carbocycles. The van der Waals surface area contributed by atoms with Crippen LogP contribution in [0.4, 0.5) is 5.69 Å². The predicted octanol–water partition coefficient (Wildman–Crippen LogP) is 4.73. The van der Waals surface area contributed by atoms with Crippen molar-refractivity contribution in [2.24, 2.45) is 0 Å². The molecule has 0 heterocycles. The van der Waals surface area contributed by atoms with Gasteiger partial charge in [0, 0.05) is 15.1 Å². The Morgan fingerprint density at radius 2 is 1.95 bits per heavy atom. The topological polar surface area (TPSA) is 29.1 Å². The average Bonchev–Trinajstić information content (AvgIpc) is 2.37. The van der Waals surface area contributed by atoms with E-state index in [-0.39, 0.29) is 5.91 Å². The molecule has 0 fully saturated rings. The standard InChI is InChI=1S/C15H14BrNOS/c1-10-7-11(16)9-12(8-10)17-15(18)13-5-3-4-6-14(13)19-2/h3-9H,1-2H3,(H,17,18). The molecule has 0 aliphatic carbocycles. The third-order valence-electron chi connectivity index (χ3n) is 2.65. The average molecular weight is 336 g/mol. The Kier molecular flexibility index (Phi) is 4.66. The number of halogens is 1. The molecule has 0 unspecified atom stereocenters. The zero-order chi connectivity index (χ0) is 13.8. The Morgan fingerprint density at radius 1 is 1.21 bits per heavy atom. The van der Waals surface area contributed by atoms with Gasteiger partial charge in [0.05, 0.1) is 5.56 Å². The van der Waals surface area contributed by atoms with Crippen molar-refractivity contribution in [3.8, 4) is 0 Å². The Morgan fingerprint density at radius 3 is 2.63 bits per heavy atom. The number of aryl methyl sites for hydroxylation is 1. The fourth-order valence-electron chi connectivity index (χ4n) is 1.84. The van der Waals surface area contributed by atoms with Gasteiger partial charge in [-0.3, -0.25) is 4.79 Å². The molecule has 0 aliphatic heterocycles. The lowest BCUT2D eigenvalue weighted by atomic mass is 10.2. The van der Waals surface area contributed by atoms with Crippen molar-refractivity contribution in [3.63, 3.8) is 0 Å². The van der Waals surface area contributed by atoms with Crippen LogP contribution in [0, 0.1) is 6.92 Å². The van der Waals surface area contributed by atoms with Gasteiger partial charge in [-0.15, -0.1) is 11.8 Å². The molecule has 19 heavy (non-hydrogen) atoms. The van der Waals surface area contributed by atoms with Crippen LogP contribution in [0.1, 0.15) is 15.9 Å². The zero-order valence-electron chi connectivity index (χ0n) is 10.7. The van der Waals surface area contributed by atoms with Gasteiger partial charge in [-0.25, -0.2) is 0 Å². The molecule has 0 atom stereocenters. The van der Waals surface area contributed by atoms with Gasteiger partial charge in [-0.2, -0.15) is 0 Å². The largest absolute Gasteiger partial charge is 0.322 e. The van der Waals surface area contributed by atoms with Gasteiger partial charge in [0.1, 0.15) is 0 Å². The molecule has 1 N–H and O–H groups in total. The Hall–Kier alpha value is -1.26. The second-order valence-electron chi connectivity index (χ2n) is 4.17. The number of rotatable bonds is 3. The van der Waals surface area contributed by atoms with Crippen LogP contribution in [0.25, 0.3) is 0 Å². The highest BCUT2D eigenvalue weighted by Crippen LogP contribution is 2.23. The molecule has 0 aliphatic rings. The van der Waals surface area contributed by atoms with Crippen molar-refractivity contribution in [3.05, 3.63) is 58.1 Å². The van der Waals surface area contributed by atoms with E-state index in [2.05, 4.69) is 21.2 Å². The summed E-state index contributed by atoms with van der Waals surface area (Å²) in [5, 5.41) is 2.93. The van der Waals surface area contributed by atoms with Crippen LogP contribution in [0.15, 0.2) is 51.8 Å². The highest BCUT2D eigenvalue weighted by Gasteiger charge is 2.10. The van der Waals surface area contributed by atoms with E-state index in [4.69, 9.17) is 0 Å². The molecule has 0 aromatic heterocycles. The van der Waals surface area contributed by atoms with Crippen molar-refractivity contribution in [1.29, 1.82) is 0 Å². The van der Waals surface area contributed by atoms with Crippen molar-refractivity contribution < 1.29 is 4.79 Å². The fourth-order valence-corrected chi connectivity index (χ4v) is 3.04. The summed E-state index contributed by atoms with van der Waals surface area (Å²) >= 11 is 5.00. The van der Waals surface area contributed by atoms with E-state index in [0.29, 0.717) is 5.56 Å². The predicted molar refractivity (Wildman–Crippen MR) is 85.1 cm³/mol. The lowest BCUT2D eigenvalue weighted by Gasteiger charge is -2.09.